The first-order valence-corrected chi connectivity index (χ1v) is 8.62. The Hall–Kier alpha value is -2.21. The molecule has 1 aliphatic heterocycles. The summed E-state index contributed by atoms with van der Waals surface area (Å²) in [6.45, 7) is 3.43. The van der Waals surface area contributed by atoms with Gasteiger partial charge in [0.05, 0.1) is 29.6 Å². The van der Waals surface area contributed by atoms with Crippen molar-refractivity contribution in [1.29, 1.82) is 0 Å². The molecule has 0 radical (unpaired) electrons. The summed E-state index contributed by atoms with van der Waals surface area (Å²) in [6, 6.07) is 6.21. The lowest BCUT2D eigenvalue weighted by Gasteiger charge is -2.16. The van der Waals surface area contributed by atoms with Crippen molar-refractivity contribution in [1.82, 2.24) is 19.4 Å². The molecule has 118 valence electrons. The molecule has 1 amide bonds. The van der Waals surface area contributed by atoms with Gasteiger partial charge in [0.1, 0.15) is 0 Å². The number of aromatic nitrogens is 3. The number of amides is 1. The predicted molar refractivity (Wildman–Crippen MR) is 91.8 cm³/mol. The highest BCUT2D eigenvalue weighted by molar-refractivity contribution is 7.99. The van der Waals surface area contributed by atoms with Gasteiger partial charge in [-0.1, -0.05) is 12.1 Å². The smallest absolute Gasteiger partial charge is 0.256 e. The number of aromatic amines is 1. The molecule has 0 unspecified atom stereocenters. The average Bonchev–Trinajstić information content (AvgIpc) is 3.13. The van der Waals surface area contributed by atoms with E-state index in [4.69, 9.17) is 0 Å². The molecular formula is C17H18N4OS. The van der Waals surface area contributed by atoms with Crippen LogP contribution in [0, 0.1) is 6.92 Å². The Balaban J connectivity index is 1.70. The standard InChI is InChI=1S/C17H18N4OS/c1-11-14(19-10-18-11)9-20(2)17(22)13-8-21-6-7-23-15-5-3-4-12(13)16(15)21/h3-5,8,10H,6-7,9H2,1-2H3,(H,18,19). The van der Waals surface area contributed by atoms with Gasteiger partial charge in [-0.3, -0.25) is 4.79 Å². The number of nitrogens with one attached hydrogen (secondary N) is 1. The van der Waals surface area contributed by atoms with Gasteiger partial charge in [-0.05, 0) is 13.0 Å². The lowest BCUT2D eigenvalue weighted by atomic mass is 10.1. The van der Waals surface area contributed by atoms with Gasteiger partial charge in [0, 0.05) is 41.5 Å². The van der Waals surface area contributed by atoms with Crippen molar-refractivity contribution in [3.05, 3.63) is 47.7 Å². The van der Waals surface area contributed by atoms with Crippen LogP contribution in [0.15, 0.2) is 35.6 Å². The molecule has 0 fully saturated rings. The zero-order valence-corrected chi connectivity index (χ0v) is 14.0. The van der Waals surface area contributed by atoms with Crippen molar-refractivity contribution in [2.45, 2.75) is 24.9 Å². The number of hydrogen-bond donors (Lipinski definition) is 1. The summed E-state index contributed by atoms with van der Waals surface area (Å²) < 4.78 is 2.21. The summed E-state index contributed by atoms with van der Waals surface area (Å²) in [6.07, 6.45) is 3.67. The maximum absolute atomic E-state index is 12.9. The second kappa shape index (κ2) is 5.45. The third-order valence-electron chi connectivity index (χ3n) is 4.35. The molecule has 3 aromatic rings. The summed E-state index contributed by atoms with van der Waals surface area (Å²) in [7, 11) is 1.83. The van der Waals surface area contributed by atoms with Gasteiger partial charge in [0.15, 0.2) is 0 Å². The topological polar surface area (TPSA) is 53.9 Å². The summed E-state index contributed by atoms with van der Waals surface area (Å²) >= 11 is 1.86. The van der Waals surface area contributed by atoms with Gasteiger partial charge in [0.25, 0.3) is 5.91 Å². The Bertz CT molecular complexity index is 895. The number of benzene rings is 1. The summed E-state index contributed by atoms with van der Waals surface area (Å²) in [4.78, 5) is 23.3. The van der Waals surface area contributed by atoms with Gasteiger partial charge in [0.2, 0.25) is 0 Å². The molecule has 3 heterocycles. The summed E-state index contributed by atoms with van der Waals surface area (Å²) in [5.41, 5.74) is 3.88. The van der Waals surface area contributed by atoms with E-state index in [0.717, 1.165) is 34.6 Å². The van der Waals surface area contributed by atoms with Gasteiger partial charge < -0.3 is 14.5 Å². The van der Waals surface area contributed by atoms with Crippen LogP contribution < -0.4 is 0 Å². The van der Waals surface area contributed by atoms with Crippen molar-refractivity contribution >= 4 is 28.6 Å². The highest BCUT2D eigenvalue weighted by Gasteiger charge is 2.22. The van der Waals surface area contributed by atoms with Crippen LogP contribution in [0.4, 0.5) is 0 Å². The number of carbonyl (C=O) groups excluding carboxylic acids is 1. The van der Waals surface area contributed by atoms with E-state index in [0.29, 0.717) is 6.54 Å². The number of aryl methyl sites for hydroxylation is 2. The third kappa shape index (κ3) is 2.34. The largest absolute Gasteiger partial charge is 0.348 e. The Kier molecular flexibility index (Phi) is 3.41. The van der Waals surface area contributed by atoms with Crippen LogP contribution in [0.2, 0.25) is 0 Å². The minimum absolute atomic E-state index is 0.0419. The number of H-pyrrole nitrogens is 1. The molecule has 0 saturated heterocycles. The Morgan fingerprint density at radius 2 is 2.35 bits per heavy atom. The quantitative estimate of drug-likeness (QED) is 0.805. The van der Waals surface area contributed by atoms with Gasteiger partial charge in [-0.15, -0.1) is 11.8 Å². The molecule has 5 nitrogen and oxygen atoms in total. The summed E-state index contributed by atoms with van der Waals surface area (Å²) in [5.74, 6) is 1.09. The zero-order chi connectivity index (χ0) is 16.0. The molecular weight excluding hydrogens is 308 g/mol. The Labute approximate surface area is 138 Å². The van der Waals surface area contributed by atoms with Gasteiger partial charge in [-0.25, -0.2) is 4.98 Å². The van der Waals surface area contributed by atoms with E-state index < -0.39 is 0 Å². The molecule has 2 aromatic heterocycles. The molecule has 4 rings (SSSR count). The molecule has 0 saturated carbocycles. The number of rotatable bonds is 3. The zero-order valence-electron chi connectivity index (χ0n) is 13.2. The average molecular weight is 326 g/mol. The van der Waals surface area contributed by atoms with Crippen LogP contribution in [-0.4, -0.2) is 38.1 Å². The van der Waals surface area contributed by atoms with E-state index in [9.17, 15) is 4.79 Å². The Morgan fingerprint density at radius 1 is 1.48 bits per heavy atom. The first-order valence-electron chi connectivity index (χ1n) is 7.64. The molecule has 1 N–H and O–H groups in total. The minimum atomic E-state index is 0.0419. The van der Waals surface area contributed by atoms with Crippen molar-refractivity contribution in [3.8, 4) is 0 Å². The molecule has 0 atom stereocenters. The van der Waals surface area contributed by atoms with Gasteiger partial charge >= 0.3 is 0 Å². The molecule has 1 aromatic carbocycles. The van der Waals surface area contributed by atoms with Crippen molar-refractivity contribution in [2.24, 2.45) is 0 Å². The van der Waals surface area contributed by atoms with E-state index in [2.05, 4.69) is 20.6 Å². The van der Waals surface area contributed by atoms with Crippen LogP contribution in [-0.2, 0) is 13.1 Å². The van der Waals surface area contributed by atoms with E-state index in [1.54, 1.807) is 11.2 Å². The maximum atomic E-state index is 12.9. The molecule has 23 heavy (non-hydrogen) atoms. The van der Waals surface area contributed by atoms with Crippen LogP contribution in [0.25, 0.3) is 10.9 Å². The molecule has 0 spiro atoms. The van der Waals surface area contributed by atoms with Crippen molar-refractivity contribution < 1.29 is 4.79 Å². The fourth-order valence-electron chi connectivity index (χ4n) is 3.09. The van der Waals surface area contributed by atoms with E-state index in [-0.39, 0.29) is 5.91 Å². The second-order valence-electron chi connectivity index (χ2n) is 5.87. The Morgan fingerprint density at radius 3 is 3.13 bits per heavy atom. The van der Waals surface area contributed by atoms with E-state index in [1.807, 2.05) is 44.1 Å². The number of imidazole rings is 1. The number of hydrogen-bond acceptors (Lipinski definition) is 3. The SMILES string of the molecule is Cc1[nH]cnc1CN(C)C(=O)c1cn2c3c(cccc13)SCC2. The minimum Gasteiger partial charge on any atom is -0.348 e. The van der Waals surface area contributed by atoms with E-state index in [1.165, 1.54) is 10.4 Å². The maximum Gasteiger partial charge on any atom is 0.256 e. The summed E-state index contributed by atoms with van der Waals surface area (Å²) in [5, 5.41) is 1.05. The first kappa shape index (κ1) is 14.4. The lowest BCUT2D eigenvalue weighted by molar-refractivity contribution is 0.0785. The number of carbonyl (C=O) groups is 1. The highest BCUT2D eigenvalue weighted by Crippen LogP contribution is 2.35. The monoisotopic (exact) mass is 326 g/mol. The van der Waals surface area contributed by atoms with Crippen LogP contribution >= 0.6 is 11.8 Å². The van der Waals surface area contributed by atoms with Crippen LogP contribution in [0.1, 0.15) is 21.7 Å². The fourth-order valence-corrected chi connectivity index (χ4v) is 4.14. The first-order chi connectivity index (χ1) is 11.1. The number of thioether (sulfide) groups is 1. The fraction of sp³-hybridized carbons (Fsp3) is 0.294. The normalized spacial score (nSPS) is 13.5. The highest BCUT2D eigenvalue weighted by atomic mass is 32.2. The van der Waals surface area contributed by atoms with Crippen molar-refractivity contribution in [3.63, 3.8) is 0 Å². The lowest BCUT2D eigenvalue weighted by Crippen LogP contribution is -2.26. The second-order valence-corrected chi connectivity index (χ2v) is 7.01. The third-order valence-corrected chi connectivity index (χ3v) is 5.38. The number of para-hydroxylation sites is 1. The molecule has 0 aliphatic carbocycles. The number of nitrogens with zero attached hydrogens (tertiary/aromatic N) is 3. The van der Waals surface area contributed by atoms with E-state index >= 15 is 0 Å². The molecule has 1 aliphatic rings. The predicted octanol–water partition coefficient (Wildman–Crippen LogP) is 3.05. The molecule has 0 bridgehead atoms. The van der Waals surface area contributed by atoms with Crippen molar-refractivity contribution in [2.75, 3.05) is 12.8 Å². The van der Waals surface area contributed by atoms with Crippen LogP contribution in [0.3, 0.4) is 0 Å². The van der Waals surface area contributed by atoms with Crippen LogP contribution in [0.5, 0.6) is 0 Å². The van der Waals surface area contributed by atoms with Gasteiger partial charge in [-0.2, -0.15) is 0 Å². The molecule has 6 heteroatoms.